The third kappa shape index (κ3) is 5.22. The van der Waals surface area contributed by atoms with Crippen LogP contribution in [0.4, 0.5) is 0 Å². The minimum Gasteiger partial charge on any atom is -0.347 e. The fraction of sp³-hybridized carbons (Fsp3) is 0.385. The van der Waals surface area contributed by atoms with Gasteiger partial charge in [0.15, 0.2) is 9.84 Å². The van der Waals surface area contributed by atoms with Crippen molar-refractivity contribution in [1.29, 1.82) is 5.26 Å². The van der Waals surface area contributed by atoms with Gasteiger partial charge in [-0.3, -0.25) is 4.79 Å². The lowest BCUT2D eigenvalue weighted by Gasteiger charge is -2.22. The first-order valence-corrected chi connectivity index (χ1v) is 11.4. The molecule has 1 amide bonds. The van der Waals surface area contributed by atoms with Gasteiger partial charge in [-0.25, -0.2) is 21.6 Å². The van der Waals surface area contributed by atoms with Crippen molar-refractivity contribution in [3.8, 4) is 6.07 Å². The van der Waals surface area contributed by atoms with Gasteiger partial charge in [-0.15, -0.1) is 0 Å². The van der Waals surface area contributed by atoms with E-state index >= 15 is 0 Å². The molecule has 0 spiro atoms. The summed E-state index contributed by atoms with van der Waals surface area (Å²) in [4.78, 5) is 11.6. The molecule has 1 aromatic rings. The molecule has 0 aromatic heterocycles. The van der Waals surface area contributed by atoms with Crippen LogP contribution in [0.25, 0.3) is 0 Å². The molecule has 1 aromatic carbocycles. The second-order valence-corrected chi connectivity index (χ2v) is 11.7. The Bertz CT molecular complexity index is 967. The molecule has 1 aliphatic rings. The van der Waals surface area contributed by atoms with E-state index in [1.54, 1.807) is 0 Å². The van der Waals surface area contributed by atoms with Gasteiger partial charge in [0.1, 0.15) is 0 Å². The normalized spacial score (nSPS) is 22.5. The Balaban J connectivity index is 2.27. The topological polar surface area (TPSA) is 133 Å². The average Bonchev–Trinajstić information content (AvgIpc) is 2.79. The van der Waals surface area contributed by atoms with E-state index in [9.17, 15) is 21.6 Å². The summed E-state index contributed by atoms with van der Waals surface area (Å²) in [6.07, 6.45) is 0. The van der Waals surface area contributed by atoms with Crippen LogP contribution in [0.5, 0.6) is 0 Å². The molecule has 0 unspecified atom stereocenters. The van der Waals surface area contributed by atoms with E-state index in [1.807, 2.05) is 6.07 Å². The minimum absolute atomic E-state index is 0.118. The number of nitrogens with one attached hydrogen (secondary N) is 2. The van der Waals surface area contributed by atoms with E-state index in [0.29, 0.717) is 0 Å². The minimum atomic E-state index is -4.15. The van der Waals surface area contributed by atoms with E-state index in [-0.39, 0.29) is 10.5 Å². The number of sulfone groups is 1. The number of alkyl halides is 3. The molecular formula is C13H12Cl3N3O5S2. The number of halogens is 3. The molecule has 0 radical (unpaired) electrons. The molecule has 26 heavy (non-hydrogen) atoms. The fourth-order valence-corrected chi connectivity index (χ4v) is 5.81. The largest absolute Gasteiger partial charge is 0.347 e. The van der Waals surface area contributed by atoms with Crippen molar-refractivity contribution in [2.75, 3.05) is 11.5 Å². The van der Waals surface area contributed by atoms with E-state index in [4.69, 9.17) is 40.1 Å². The van der Waals surface area contributed by atoms with Crippen molar-refractivity contribution >= 4 is 60.6 Å². The number of hydrogen-bond donors (Lipinski definition) is 2. The van der Waals surface area contributed by atoms with Gasteiger partial charge in [0.2, 0.25) is 10.0 Å². The van der Waals surface area contributed by atoms with Gasteiger partial charge in [0.25, 0.3) is 9.70 Å². The second kappa shape index (κ2) is 7.50. The van der Waals surface area contributed by atoms with Crippen molar-refractivity contribution in [2.24, 2.45) is 0 Å². The van der Waals surface area contributed by atoms with Gasteiger partial charge in [0.05, 0.1) is 40.1 Å². The lowest BCUT2D eigenvalue weighted by molar-refractivity contribution is -0.120. The van der Waals surface area contributed by atoms with Crippen molar-refractivity contribution in [3.63, 3.8) is 0 Å². The summed E-state index contributed by atoms with van der Waals surface area (Å²) in [7, 11) is -7.77. The molecule has 1 heterocycles. The highest BCUT2D eigenvalue weighted by atomic mass is 35.6. The highest BCUT2D eigenvalue weighted by molar-refractivity contribution is 7.92. The molecule has 13 heteroatoms. The zero-order valence-corrected chi connectivity index (χ0v) is 16.7. The van der Waals surface area contributed by atoms with Crippen molar-refractivity contribution in [1.82, 2.24) is 10.0 Å². The molecule has 8 nitrogen and oxygen atoms in total. The summed E-state index contributed by atoms with van der Waals surface area (Å²) in [6.45, 7) is 0. The highest BCUT2D eigenvalue weighted by Gasteiger charge is 2.43. The van der Waals surface area contributed by atoms with Gasteiger partial charge >= 0.3 is 0 Å². The summed E-state index contributed by atoms with van der Waals surface area (Å²) < 4.78 is 48.6. The molecule has 1 fully saturated rings. The number of rotatable bonds is 4. The number of nitriles is 1. The van der Waals surface area contributed by atoms with E-state index < -0.39 is 53.1 Å². The van der Waals surface area contributed by atoms with Crippen molar-refractivity contribution in [2.45, 2.75) is 20.8 Å². The van der Waals surface area contributed by atoms with Crippen LogP contribution in [0.3, 0.4) is 0 Å². The fourth-order valence-electron chi connectivity index (χ4n) is 2.36. The average molecular weight is 461 g/mol. The van der Waals surface area contributed by atoms with Crippen LogP contribution in [-0.4, -0.2) is 50.1 Å². The first-order valence-electron chi connectivity index (χ1n) is 6.95. The third-order valence-corrected chi connectivity index (χ3v) is 7.24. The van der Waals surface area contributed by atoms with Crippen LogP contribution in [0.2, 0.25) is 0 Å². The van der Waals surface area contributed by atoms with Gasteiger partial charge in [-0.2, -0.15) is 5.26 Å². The lowest BCUT2D eigenvalue weighted by Crippen LogP contribution is -2.53. The predicted molar refractivity (Wildman–Crippen MR) is 96.1 cm³/mol. The van der Waals surface area contributed by atoms with Crippen molar-refractivity contribution in [3.05, 3.63) is 29.8 Å². The Labute approximate surface area is 165 Å². The zero-order valence-electron chi connectivity index (χ0n) is 12.8. The number of carbonyl (C=O) groups excluding carboxylic acids is 1. The smallest absolute Gasteiger partial charge is 0.272 e. The molecule has 2 atom stereocenters. The monoisotopic (exact) mass is 459 g/mol. The van der Waals surface area contributed by atoms with Crippen LogP contribution in [0.1, 0.15) is 5.56 Å². The third-order valence-electron chi connectivity index (χ3n) is 3.51. The molecule has 1 aliphatic heterocycles. The van der Waals surface area contributed by atoms with Crippen LogP contribution >= 0.6 is 34.8 Å². The summed E-state index contributed by atoms with van der Waals surface area (Å²) in [6, 6.07) is 4.72. The summed E-state index contributed by atoms with van der Waals surface area (Å²) in [5, 5.41) is 11.1. The molecule has 2 N–H and O–H groups in total. The quantitative estimate of drug-likeness (QED) is 0.628. The van der Waals surface area contributed by atoms with E-state index in [2.05, 4.69) is 10.0 Å². The molecule has 2 rings (SSSR count). The predicted octanol–water partition coefficient (Wildman–Crippen LogP) is 0.489. The summed E-state index contributed by atoms with van der Waals surface area (Å²) in [5.74, 6) is -2.11. The van der Waals surface area contributed by atoms with Gasteiger partial charge in [-0.1, -0.05) is 40.9 Å². The number of hydrogen-bond acceptors (Lipinski definition) is 6. The molecule has 0 bridgehead atoms. The van der Waals surface area contributed by atoms with Crippen molar-refractivity contribution < 1.29 is 21.6 Å². The van der Waals surface area contributed by atoms with E-state index in [0.717, 1.165) is 6.07 Å². The molecule has 1 saturated heterocycles. The first kappa shape index (κ1) is 21.2. The molecule has 0 saturated carbocycles. The Morgan fingerprint density at radius 1 is 1.23 bits per heavy atom. The number of nitrogens with zero attached hydrogens (tertiary/aromatic N) is 1. The van der Waals surface area contributed by atoms with Crippen LogP contribution in [0.15, 0.2) is 29.2 Å². The standard InChI is InChI=1S/C13H12Cl3N3O5S2/c14-13(15,16)12(20)18-10-6-25(21,22)7-11(10)19-26(23,24)9-3-1-2-8(4-9)5-17/h1-4,10-11,19H,6-7H2,(H,18,20)/t10-,11-/m1/s1. The Hall–Kier alpha value is -1.09. The Morgan fingerprint density at radius 3 is 2.42 bits per heavy atom. The molecular weight excluding hydrogens is 449 g/mol. The maximum Gasteiger partial charge on any atom is 0.272 e. The van der Waals surface area contributed by atoms with Gasteiger partial charge in [-0.05, 0) is 18.2 Å². The Morgan fingerprint density at radius 2 is 1.85 bits per heavy atom. The maximum atomic E-state index is 12.5. The summed E-state index contributed by atoms with van der Waals surface area (Å²) in [5.41, 5.74) is 0.118. The first-order chi connectivity index (χ1) is 11.8. The molecule has 0 aliphatic carbocycles. The SMILES string of the molecule is N#Cc1cccc(S(=O)(=O)N[C@@H]2CS(=O)(=O)C[C@H]2NC(=O)C(Cl)(Cl)Cl)c1. The van der Waals surface area contributed by atoms with Gasteiger partial charge in [0, 0.05) is 0 Å². The maximum absolute atomic E-state index is 12.5. The van der Waals surface area contributed by atoms with Crippen LogP contribution in [-0.2, 0) is 24.7 Å². The summed E-state index contributed by atoms with van der Waals surface area (Å²) >= 11 is 16.3. The van der Waals surface area contributed by atoms with E-state index in [1.165, 1.54) is 18.2 Å². The number of benzene rings is 1. The van der Waals surface area contributed by atoms with Gasteiger partial charge < -0.3 is 5.32 Å². The lowest BCUT2D eigenvalue weighted by atomic mass is 10.2. The van der Waals surface area contributed by atoms with Crippen LogP contribution < -0.4 is 10.0 Å². The number of amides is 1. The Kier molecular flexibility index (Phi) is 6.12. The number of carbonyl (C=O) groups is 1. The number of sulfonamides is 1. The zero-order chi connectivity index (χ0) is 19.8. The second-order valence-electron chi connectivity index (χ2n) is 5.52. The highest BCUT2D eigenvalue weighted by Crippen LogP contribution is 2.27. The molecule has 142 valence electrons. The van der Waals surface area contributed by atoms with Crippen LogP contribution in [0, 0.1) is 11.3 Å².